The maximum atomic E-state index is 8.34. The molecule has 0 spiro atoms. The van der Waals surface area contributed by atoms with Gasteiger partial charge in [-0.15, -0.1) is 0 Å². The largest absolute Gasteiger partial charge is 0.409 e. The third kappa shape index (κ3) is 3.26. The Morgan fingerprint density at radius 3 is 2.86 bits per heavy atom. The van der Waals surface area contributed by atoms with Crippen LogP contribution in [0.1, 0.15) is 5.56 Å². The van der Waals surface area contributed by atoms with Gasteiger partial charge in [-0.25, -0.2) is 0 Å². The van der Waals surface area contributed by atoms with Gasteiger partial charge in [0.05, 0.1) is 6.54 Å². The predicted octanol–water partition coefficient (Wildman–Crippen LogP) is 1.92. The second kappa shape index (κ2) is 4.85. The van der Waals surface area contributed by atoms with Crippen molar-refractivity contribution in [1.82, 2.24) is 0 Å². The quantitative estimate of drug-likeness (QED) is 0.335. The van der Waals surface area contributed by atoms with E-state index in [4.69, 9.17) is 10.9 Å². The summed E-state index contributed by atoms with van der Waals surface area (Å²) in [6.45, 7) is 2.33. The topological polar surface area (TPSA) is 70.6 Å². The van der Waals surface area contributed by atoms with Crippen LogP contribution in [0, 0.1) is 6.92 Å². The molecule has 1 aromatic rings. The van der Waals surface area contributed by atoms with E-state index in [9.17, 15) is 0 Å². The zero-order chi connectivity index (χ0) is 10.6. The summed E-state index contributed by atoms with van der Waals surface area (Å²) in [4.78, 5) is 0. The van der Waals surface area contributed by atoms with Crippen LogP contribution in [0.4, 0.5) is 5.69 Å². The standard InChI is InChI=1S/C9H12BrN3O/c1-6-2-7(10)4-8(3-6)12-5-9(11)13-14/h2-4,12,14H,5H2,1H3,(H2,11,13). The number of nitrogens with zero attached hydrogens (tertiary/aromatic N) is 1. The van der Waals surface area contributed by atoms with Crippen molar-refractivity contribution in [2.75, 3.05) is 11.9 Å². The molecule has 5 heteroatoms. The summed E-state index contributed by atoms with van der Waals surface area (Å²) in [5.74, 6) is 0.155. The van der Waals surface area contributed by atoms with E-state index < -0.39 is 0 Å². The van der Waals surface area contributed by atoms with Gasteiger partial charge in [0.25, 0.3) is 0 Å². The number of hydrogen-bond acceptors (Lipinski definition) is 3. The molecule has 0 radical (unpaired) electrons. The fourth-order valence-corrected chi connectivity index (χ4v) is 1.67. The number of nitrogens with two attached hydrogens (primary N) is 1. The fraction of sp³-hybridized carbons (Fsp3) is 0.222. The van der Waals surface area contributed by atoms with Crippen molar-refractivity contribution < 1.29 is 5.21 Å². The van der Waals surface area contributed by atoms with Crippen LogP contribution in [0.5, 0.6) is 0 Å². The highest BCUT2D eigenvalue weighted by molar-refractivity contribution is 9.10. The number of halogens is 1. The third-order valence-corrected chi connectivity index (χ3v) is 2.10. The maximum absolute atomic E-state index is 8.34. The highest BCUT2D eigenvalue weighted by atomic mass is 79.9. The average molecular weight is 258 g/mol. The number of rotatable bonds is 3. The lowest BCUT2D eigenvalue weighted by Gasteiger charge is -2.06. The first-order chi connectivity index (χ1) is 6.61. The van der Waals surface area contributed by atoms with Crippen molar-refractivity contribution in [2.45, 2.75) is 6.92 Å². The summed E-state index contributed by atoms with van der Waals surface area (Å²) in [5, 5.41) is 14.2. The molecular formula is C9H12BrN3O. The second-order valence-corrected chi connectivity index (χ2v) is 3.88. The van der Waals surface area contributed by atoms with Gasteiger partial charge in [-0.2, -0.15) is 0 Å². The second-order valence-electron chi connectivity index (χ2n) is 2.96. The lowest BCUT2D eigenvalue weighted by Crippen LogP contribution is -2.22. The summed E-state index contributed by atoms with van der Waals surface area (Å²) in [6.07, 6.45) is 0. The minimum absolute atomic E-state index is 0.155. The first-order valence-corrected chi connectivity index (χ1v) is 4.88. The van der Waals surface area contributed by atoms with Crippen molar-refractivity contribution in [1.29, 1.82) is 0 Å². The molecule has 0 aliphatic heterocycles. The monoisotopic (exact) mass is 257 g/mol. The van der Waals surface area contributed by atoms with E-state index in [0.717, 1.165) is 15.7 Å². The van der Waals surface area contributed by atoms with E-state index in [2.05, 4.69) is 26.4 Å². The summed E-state index contributed by atoms with van der Waals surface area (Å²) in [7, 11) is 0. The summed E-state index contributed by atoms with van der Waals surface area (Å²) < 4.78 is 1.000. The SMILES string of the molecule is Cc1cc(Br)cc(NC/C(N)=N/O)c1. The number of aryl methyl sites for hydroxylation is 1. The Labute approximate surface area is 90.9 Å². The first kappa shape index (κ1) is 10.8. The van der Waals surface area contributed by atoms with E-state index in [0.29, 0.717) is 6.54 Å². The van der Waals surface area contributed by atoms with E-state index in [1.807, 2.05) is 25.1 Å². The number of hydrogen-bond donors (Lipinski definition) is 3. The lowest BCUT2D eigenvalue weighted by molar-refractivity contribution is 0.317. The van der Waals surface area contributed by atoms with Gasteiger partial charge in [0.2, 0.25) is 0 Å². The van der Waals surface area contributed by atoms with Crippen LogP contribution in [0.3, 0.4) is 0 Å². The van der Waals surface area contributed by atoms with Gasteiger partial charge in [-0.1, -0.05) is 21.1 Å². The average Bonchev–Trinajstić information content (AvgIpc) is 2.12. The molecule has 0 heterocycles. The summed E-state index contributed by atoms with van der Waals surface area (Å²) in [6, 6.07) is 5.92. The molecule has 0 aromatic heterocycles. The summed E-state index contributed by atoms with van der Waals surface area (Å²) >= 11 is 3.39. The zero-order valence-electron chi connectivity index (χ0n) is 7.79. The van der Waals surface area contributed by atoms with Gasteiger partial charge in [0.15, 0.2) is 5.84 Å². The van der Waals surface area contributed by atoms with Crippen molar-refractivity contribution in [3.63, 3.8) is 0 Å². The van der Waals surface area contributed by atoms with Crippen LogP contribution >= 0.6 is 15.9 Å². The Bertz CT molecular complexity index is 332. The first-order valence-electron chi connectivity index (χ1n) is 4.09. The molecular weight excluding hydrogens is 246 g/mol. The van der Waals surface area contributed by atoms with Gasteiger partial charge in [-0.05, 0) is 30.7 Å². The minimum atomic E-state index is 0.155. The van der Waals surface area contributed by atoms with Gasteiger partial charge in [-0.3, -0.25) is 0 Å². The number of nitrogens with one attached hydrogen (secondary N) is 1. The van der Waals surface area contributed by atoms with Crippen LogP contribution in [0.15, 0.2) is 27.8 Å². The Balaban J connectivity index is 2.67. The molecule has 1 aromatic carbocycles. The van der Waals surface area contributed by atoms with E-state index >= 15 is 0 Å². The van der Waals surface area contributed by atoms with Crippen LogP contribution in [-0.4, -0.2) is 17.6 Å². The van der Waals surface area contributed by atoms with Crippen molar-refractivity contribution >= 4 is 27.5 Å². The maximum Gasteiger partial charge on any atom is 0.158 e. The van der Waals surface area contributed by atoms with Crippen molar-refractivity contribution in [2.24, 2.45) is 10.9 Å². The smallest absolute Gasteiger partial charge is 0.158 e. The zero-order valence-corrected chi connectivity index (χ0v) is 9.37. The fourth-order valence-electron chi connectivity index (χ4n) is 1.07. The molecule has 0 saturated heterocycles. The molecule has 0 aliphatic carbocycles. The molecule has 0 aliphatic rings. The van der Waals surface area contributed by atoms with Gasteiger partial charge < -0.3 is 16.3 Å². The molecule has 0 atom stereocenters. The summed E-state index contributed by atoms with van der Waals surface area (Å²) in [5.41, 5.74) is 7.40. The van der Waals surface area contributed by atoms with Gasteiger partial charge >= 0.3 is 0 Å². The van der Waals surface area contributed by atoms with E-state index in [1.165, 1.54) is 0 Å². The molecule has 76 valence electrons. The Kier molecular flexibility index (Phi) is 3.76. The van der Waals surface area contributed by atoms with Crippen molar-refractivity contribution in [3.8, 4) is 0 Å². The van der Waals surface area contributed by atoms with Crippen LogP contribution in [-0.2, 0) is 0 Å². The number of benzene rings is 1. The van der Waals surface area contributed by atoms with E-state index in [-0.39, 0.29) is 5.84 Å². The molecule has 4 N–H and O–H groups in total. The molecule has 0 amide bonds. The van der Waals surface area contributed by atoms with Gasteiger partial charge in [0, 0.05) is 10.2 Å². The van der Waals surface area contributed by atoms with Crippen LogP contribution in [0.2, 0.25) is 0 Å². The number of amidine groups is 1. The molecule has 14 heavy (non-hydrogen) atoms. The lowest BCUT2D eigenvalue weighted by atomic mass is 10.2. The molecule has 4 nitrogen and oxygen atoms in total. The number of anilines is 1. The van der Waals surface area contributed by atoms with Crippen LogP contribution < -0.4 is 11.1 Å². The predicted molar refractivity (Wildman–Crippen MR) is 60.8 cm³/mol. The van der Waals surface area contributed by atoms with Crippen LogP contribution in [0.25, 0.3) is 0 Å². The Hall–Kier alpha value is -1.23. The minimum Gasteiger partial charge on any atom is -0.409 e. The molecule has 0 unspecified atom stereocenters. The van der Waals surface area contributed by atoms with E-state index in [1.54, 1.807) is 0 Å². The normalized spacial score (nSPS) is 11.4. The molecule has 1 rings (SSSR count). The third-order valence-electron chi connectivity index (χ3n) is 1.64. The highest BCUT2D eigenvalue weighted by Gasteiger charge is 1.97. The molecule has 0 bridgehead atoms. The Morgan fingerprint density at radius 2 is 2.29 bits per heavy atom. The van der Waals surface area contributed by atoms with Crippen molar-refractivity contribution in [3.05, 3.63) is 28.2 Å². The molecule has 0 fully saturated rings. The Morgan fingerprint density at radius 1 is 1.57 bits per heavy atom. The number of oxime groups is 1. The molecule has 0 saturated carbocycles. The highest BCUT2D eigenvalue weighted by Crippen LogP contribution is 2.18. The van der Waals surface area contributed by atoms with Gasteiger partial charge in [0.1, 0.15) is 0 Å².